The van der Waals surface area contributed by atoms with Crippen LogP contribution in [0.1, 0.15) is 39.5 Å². The molecule has 3 rings (SSSR count). The second-order valence-corrected chi connectivity index (χ2v) is 5.69. The Morgan fingerprint density at radius 1 is 1.50 bits per heavy atom. The summed E-state index contributed by atoms with van der Waals surface area (Å²) in [6.45, 7) is 8.46. The predicted molar refractivity (Wildman–Crippen MR) is 58.9 cm³/mol. The van der Waals surface area contributed by atoms with Crippen LogP contribution in [0.2, 0.25) is 0 Å². The van der Waals surface area contributed by atoms with Crippen molar-refractivity contribution in [2.45, 2.75) is 45.6 Å². The summed E-state index contributed by atoms with van der Waals surface area (Å²) in [5.41, 5.74) is 0.491. The second-order valence-electron chi connectivity index (χ2n) is 5.69. The van der Waals surface area contributed by atoms with Crippen molar-refractivity contribution < 1.29 is 5.11 Å². The molecule has 0 spiro atoms. The maximum absolute atomic E-state index is 10.0. The lowest BCUT2D eigenvalue weighted by Gasteiger charge is -2.61. The fourth-order valence-electron chi connectivity index (χ4n) is 3.67. The van der Waals surface area contributed by atoms with E-state index in [2.05, 4.69) is 20.4 Å². The van der Waals surface area contributed by atoms with Crippen LogP contribution in [-0.2, 0) is 0 Å². The third kappa shape index (κ3) is 1.33. The molecule has 1 N–H and O–H groups in total. The van der Waals surface area contributed by atoms with Gasteiger partial charge in [-0.05, 0) is 48.9 Å². The van der Waals surface area contributed by atoms with E-state index in [4.69, 9.17) is 0 Å². The Bertz CT molecular complexity index is 229. The summed E-state index contributed by atoms with van der Waals surface area (Å²) in [5.74, 6) is 2.23. The van der Waals surface area contributed by atoms with Gasteiger partial charge in [-0.1, -0.05) is 19.9 Å². The number of rotatable bonds is 3. The Kier molecular flexibility index (Phi) is 2.46. The fraction of sp³-hybridized carbons (Fsp3) is 0.846. The van der Waals surface area contributed by atoms with E-state index >= 15 is 0 Å². The molecule has 1 heteroatoms. The first kappa shape index (κ1) is 10.2. The lowest BCUT2D eigenvalue weighted by molar-refractivity contribution is -0.136. The summed E-state index contributed by atoms with van der Waals surface area (Å²) in [5, 5.41) is 10.0. The molecule has 0 radical (unpaired) electrons. The highest BCUT2D eigenvalue weighted by atomic mass is 16.3. The number of hydrogen-bond donors (Lipinski definition) is 1. The molecular weight excluding hydrogens is 172 g/mol. The Hall–Kier alpha value is -0.300. The van der Waals surface area contributed by atoms with Gasteiger partial charge in [0.25, 0.3) is 0 Å². The van der Waals surface area contributed by atoms with E-state index in [9.17, 15) is 5.11 Å². The Morgan fingerprint density at radius 2 is 2.21 bits per heavy atom. The highest BCUT2D eigenvalue weighted by Crippen LogP contribution is 2.62. The van der Waals surface area contributed by atoms with Gasteiger partial charge < -0.3 is 5.11 Å². The van der Waals surface area contributed by atoms with E-state index in [-0.39, 0.29) is 6.10 Å². The molecule has 3 fully saturated rings. The van der Waals surface area contributed by atoms with Crippen LogP contribution in [0.15, 0.2) is 12.7 Å². The van der Waals surface area contributed by atoms with Crippen molar-refractivity contribution in [3.05, 3.63) is 12.7 Å². The van der Waals surface area contributed by atoms with Gasteiger partial charge in [0.1, 0.15) is 0 Å². The molecule has 0 saturated heterocycles. The number of aliphatic hydroxyl groups excluding tert-OH is 1. The van der Waals surface area contributed by atoms with Crippen LogP contribution in [0.4, 0.5) is 0 Å². The van der Waals surface area contributed by atoms with Crippen molar-refractivity contribution in [1.29, 1.82) is 0 Å². The summed E-state index contributed by atoms with van der Waals surface area (Å²) < 4.78 is 0. The van der Waals surface area contributed by atoms with Crippen molar-refractivity contribution in [1.82, 2.24) is 0 Å². The van der Waals surface area contributed by atoms with Gasteiger partial charge in [-0.2, -0.15) is 0 Å². The predicted octanol–water partition coefficient (Wildman–Crippen LogP) is 3.00. The summed E-state index contributed by atoms with van der Waals surface area (Å²) >= 11 is 0. The minimum Gasteiger partial charge on any atom is -0.393 e. The normalized spacial score (nSPS) is 41.2. The molecule has 0 aliphatic heterocycles. The molecule has 14 heavy (non-hydrogen) atoms. The molecule has 80 valence electrons. The van der Waals surface area contributed by atoms with Gasteiger partial charge in [-0.15, -0.1) is 6.58 Å². The molecule has 0 aromatic rings. The highest BCUT2D eigenvalue weighted by Gasteiger charge is 2.55. The molecule has 0 aromatic carbocycles. The molecule has 1 nitrogen and oxygen atoms in total. The molecular formula is C13H22O. The van der Waals surface area contributed by atoms with E-state index < -0.39 is 0 Å². The van der Waals surface area contributed by atoms with Gasteiger partial charge in [0, 0.05) is 0 Å². The number of hydrogen-bond acceptors (Lipinski definition) is 1. The van der Waals surface area contributed by atoms with Gasteiger partial charge in [0.2, 0.25) is 0 Å². The Morgan fingerprint density at radius 3 is 2.71 bits per heavy atom. The van der Waals surface area contributed by atoms with Crippen molar-refractivity contribution in [2.24, 2.45) is 23.2 Å². The van der Waals surface area contributed by atoms with Crippen LogP contribution in [-0.4, -0.2) is 11.2 Å². The highest BCUT2D eigenvalue weighted by molar-refractivity contribution is 5.05. The van der Waals surface area contributed by atoms with Crippen LogP contribution in [0.25, 0.3) is 0 Å². The maximum atomic E-state index is 10.0. The summed E-state index contributed by atoms with van der Waals surface area (Å²) in [4.78, 5) is 0. The van der Waals surface area contributed by atoms with Crippen molar-refractivity contribution in [3.63, 3.8) is 0 Å². The van der Waals surface area contributed by atoms with Crippen LogP contribution < -0.4 is 0 Å². The molecule has 0 aromatic heterocycles. The average molecular weight is 194 g/mol. The second kappa shape index (κ2) is 3.37. The SMILES string of the molecule is C=CC[C@@H](O)[C@H]1CC[C@H]2C[C@@H]1C2(C)C. The number of fused-ring (bicyclic) bond motifs is 2. The van der Waals surface area contributed by atoms with Gasteiger partial charge in [0.15, 0.2) is 0 Å². The van der Waals surface area contributed by atoms with Crippen LogP contribution in [0.5, 0.6) is 0 Å². The monoisotopic (exact) mass is 194 g/mol. The third-order valence-corrected chi connectivity index (χ3v) is 4.81. The zero-order valence-electron chi connectivity index (χ0n) is 9.37. The quantitative estimate of drug-likeness (QED) is 0.685. The summed E-state index contributed by atoms with van der Waals surface area (Å²) in [7, 11) is 0. The molecule has 0 amide bonds. The first-order valence-corrected chi connectivity index (χ1v) is 5.86. The molecule has 3 aliphatic carbocycles. The summed E-state index contributed by atoms with van der Waals surface area (Å²) in [6, 6.07) is 0. The average Bonchev–Trinajstić information content (AvgIpc) is 2.18. The lowest BCUT2D eigenvalue weighted by atomic mass is 9.45. The minimum absolute atomic E-state index is 0.141. The van der Waals surface area contributed by atoms with Crippen LogP contribution in [0, 0.1) is 23.2 Å². The van der Waals surface area contributed by atoms with Gasteiger partial charge in [-0.25, -0.2) is 0 Å². The molecule has 4 atom stereocenters. The van der Waals surface area contributed by atoms with E-state index in [0.717, 1.165) is 18.3 Å². The Labute approximate surface area is 87.2 Å². The standard InChI is InChI=1S/C13H22O/c1-4-5-12(14)10-7-6-9-8-11(10)13(9,2)3/h4,9-12,14H,1,5-8H2,2-3H3/t9-,10-,11-,12+/m0/s1. The van der Waals surface area contributed by atoms with Crippen molar-refractivity contribution in [3.8, 4) is 0 Å². The van der Waals surface area contributed by atoms with Crippen LogP contribution in [0.3, 0.4) is 0 Å². The Balaban J connectivity index is 2.03. The van der Waals surface area contributed by atoms with Crippen molar-refractivity contribution in [2.75, 3.05) is 0 Å². The lowest BCUT2D eigenvalue weighted by Crippen LogP contribution is -2.54. The smallest absolute Gasteiger partial charge is 0.0605 e. The van der Waals surface area contributed by atoms with Gasteiger partial charge >= 0.3 is 0 Å². The molecule has 0 unspecified atom stereocenters. The molecule has 3 saturated carbocycles. The molecule has 2 bridgehead atoms. The number of aliphatic hydroxyl groups is 1. The van der Waals surface area contributed by atoms with Crippen LogP contribution >= 0.6 is 0 Å². The topological polar surface area (TPSA) is 20.2 Å². The first-order chi connectivity index (χ1) is 6.57. The van der Waals surface area contributed by atoms with E-state index in [0.29, 0.717) is 11.3 Å². The van der Waals surface area contributed by atoms with Gasteiger partial charge in [-0.3, -0.25) is 0 Å². The fourth-order valence-corrected chi connectivity index (χ4v) is 3.67. The maximum Gasteiger partial charge on any atom is 0.0605 e. The van der Waals surface area contributed by atoms with E-state index in [1.54, 1.807) is 0 Å². The summed E-state index contributed by atoms with van der Waals surface area (Å²) in [6.07, 6.45) is 6.38. The van der Waals surface area contributed by atoms with E-state index in [1.807, 2.05) is 6.08 Å². The minimum atomic E-state index is -0.141. The van der Waals surface area contributed by atoms with Gasteiger partial charge in [0.05, 0.1) is 6.10 Å². The molecule has 0 heterocycles. The first-order valence-electron chi connectivity index (χ1n) is 5.86. The zero-order valence-corrected chi connectivity index (χ0v) is 9.37. The van der Waals surface area contributed by atoms with Crippen molar-refractivity contribution >= 4 is 0 Å². The third-order valence-electron chi connectivity index (χ3n) is 4.81. The zero-order chi connectivity index (χ0) is 10.3. The van der Waals surface area contributed by atoms with E-state index in [1.165, 1.54) is 19.3 Å². The molecule has 3 aliphatic rings. The largest absolute Gasteiger partial charge is 0.393 e.